The number of aromatic carboxylic acids is 1. The Morgan fingerprint density at radius 1 is 1.26 bits per heavy atom. The number of carboxylic acids is 1. The molecule has 0 spiro atoms. The normalized spacial score (nSPS) is 9.95. The van der Waals surface area contributed by atoms with E-state index in [9.17, 15) is 9.59 Å². The lowest BCUT2D eigenvalue weighted by Crippen LogP contribution is -2.24. The zero-order valence-corrected chi connectivity index (χ0v) is 10.1. The van der Waals surface area contributed by atoms with Crippen LogP contribution in [0.15, 0.2) is 42.9 Å². The van der Waals surface area contributed by atoms with E-state index < -0.39 is 5.97 Å². The van der Waals surface area contributed by atoms with Gasteiger partial charge in [0.15, 0.2) is 5.82 Å². The van der Waals surface area contributed by atoms with Crippen LogP contribution < -0.4 is 4.90 Å². The molecule has 1 heterocycles. The van der Waals surface area contributed by atoms with Gasteiger partial charge in [-0.3, -0.25) is 14.7 Å². The quantitative estimate of drug-likeness (QED) is 0.907. The van der Waals surface area contributed by atoms with Crippen molar-refractivity contribution in [3.63, 3.8) is 0 Å². The molecule has 1 aromatic heterocycles. The van der Waals surface area contributed by atoms with Crippen molar-refractivity contribution in [1.82, 2.24) is 9.97 Å². The third-order valence-corrected chi connectivity index (χ3v) is 2.44. The Morgan fingerprint density at radius 2 is 2.05 bits per heavy atom. The number of aromatic nitrogens is 2. The van der Waals surface area contributed by atoms with Crippen LogP contribution in [0.4, 0.5) is 11.5 Å². The molecule has 1 N–H and O–H groups in total. The first-order chi connectivity index (χ1) is 9.09. The SMILES string of the molecule is CC(=O)N(c1cccc(C(=O)O)c1)c1cnccn1. The fraction of sp³-hybridized carbons (Fsp3) is 0.0769. The molecule has 19 heavy (non-hydrogen) atoms. The Morgan fingerprint density at radius 3 is 2.63 bits per heavy atom. The molecule has 0 atom stereocenters. The zero-order valence-electron chi connectivity index (χ0n) is 10.1. The molecule has 96 valence electrons. The van der Waals surface area contributed by atoms with Crippen molar-refractivity contribution < 1.29 is 14.7 Å². The maximum atomic E-state index is 11.7. The van der Waals surface area contributed by atoms with Gasteiger partial charge in [-0.05, 0) is 18.2 Å². The summed E-state index contributed by atoms with van der Waals surface area (Å²) in [5.41, 5.74) is 0.542. The minimum Gasteiger partial charge on any atom is -0.478 e. The van der Waals surface area contributed by atoms with Crippen LogP contribution in [-0.2, 0) is 4.79 Å². The van der Waals surface area contributed by atoms with E-state index in [1.165, 1.54) is 42.5 Å². The second-order valence-electron chi connectivity index (χ2n) is 3.77. The van der Waals surface area contributed by atoms with E-state index in [-0.39, 0.29) is 11.5 Å². The van der Waals surface area contributed by atoms with Gasteiger partial charge in [0, 0.05) is 19.3 Å². The molecule has 2 aromatic rings. The lowest BCUT2D eigenvalue weighted by molar-refractivity contribution is -0.115. The van der Waals surface area contributed by atoms with Crippen LogP contribution in [0.5, 0.6) is 0 Å². The smallest absolute Gasteiger partial charge is 0.335 e. The summed E-state index contributed by atoms with van der Waals surface area (Å²) in [6, 6.07) is 6.09. The average Bonchev–Trinajstić information content (AvgIpc) is 2.40. The number of rotatable bonds is 3. The summed E-state index contributed by atoms with van der Waals surface area (Å²) in [5.74, 6) is -0.981. The maximum absolute atomic E-state index is 11.7. The standard InChI is InChI=1S/C13H11N3O3/c1-9(17)16(12-8-14-5-6-15-12)11-4-2-3-10(7-11)13(18)19/h2-8H,1H3,(H,18,19). The van der Waals surface area contributed by atoms with Crippen molar-refractivity contribution in [2.45, 2.75) is 6.92 Å². The third-order valence-electron chi connectivity index (χ3n) is 2.44. The van der Waals surface area contributed by atoms with E-state index in [0.29, 0.717) is 11.5 Å². The van der Waals surface area contributed by atoms with E-state index in [1.54, 1.807) is 12.1 Å². The number of carboxylic acid groups (broad SMARTS) is 1. The highest BCUT2D eigenvalue weighted by molar-refractivity contribution is 5.99. The number of hydrogen-bond acceptors (Lipinski definition) is 4. The number of nitrogens with zero attached hydrogens (tertiary/aromatic N) is 3. The monoisotopic (exact) mass is 257 g/mol. The van der Waals surface area contributed by atoms with Gasteiger partial charge in [0.2, 0.25) is 5.91 Å². The van der Waals surface area contributed by atoms with Gasteiger partial charge in [0.05, 0.1) is 17.4 Å². The minimum absolute atomic E-state index is 0.104. The first-order valence-corrected chi connectivity index (χ1v) is 5.49. The average molecular weight is 257 g/mol. The van der Waals surface area contributed by atoms with Gasteiger partial charge >= 0.3 is 5.97 Å². The van der Waals surface area contributed by atoms with Crippen molar-refractivity contribution in [2.24, 2.45) is 0 Å². The van der Waals surface area contributed by atoms with E-state index in [4.69, 9.17) is 5.11 Å². The predicted octanol–water partition coefficient (Wildman–Crippen LogP) is 1.86. The van der Waals surface area contributed by atoms with Crippen molar-refractivity contribution in [1.29, 1.82) is 0 Å². The molecule has 0 saturated carbocycles. The van der Waals surface area contributed by atoms with Crippen molar-refractivity contribution in [3.05, 3.63) is 48.4 Å². The molecule has 2 rings (SSSR count). The summed E-state index contributed by atoms with van der Waals surface area (Å²) in [6.45, 7) is 1.38. The zero-order chi connectivity index (χ0) is 13.8. The second-order valence-corrected chi connectivity index (χ2v) is 3.77. The van der Waals surface area contributed by atoms with E-state index >= 15 is 0 Å². The molecule has 0 aliphatic heterocycles. The lowest BCUT2D eigenvalue weighted by atomic mass is 10.2. The highest BCUT2D eigenvalue weighted by Gasteiger charge is 2.16. The molecule has 6 heteroatoms. The summed E-state index contributed by atoms with van der Waals surface area (Å²) >= 11 is 0. The lowest BCUT2D eigenvalue weighted by Gasteiger charge is -2.19. The number of anilines is 2. The minimum atomic E-state index is -1.05. The topological polar surface area (TPSA) is 83.4 Å². The Labute approximate surface area is 109 Å². The number of carbonyl (C=O) groups is 2. The van der Waals surface area contributed by atoms with Crippen LogP contribution in [0.25, 0.3) is 0 Å². The van der Waals surface area contributed by atoms with E-state index in [1.807, 2.05) is 0 Å². The van der Waals surface area contributed by atoms with Crippen LogP contribution in [-0.4, -0.2) is 27.0 Å². The summed E-state index contributed by atoms with van der Waals surface area (Å²) in [4.78, 5) is 31.9. The second kappa shape index (κ2) is 5.26. The van der Waals surface area contributed by atoms with Gasteiger partial charge in [0.25, 0.3) is 0 Å². The highest BCUT2D eigenvalue weighted by Crippen LogP contribution is 2.23. The molecule has 0 fully saturated rings. The molecule has 0 unspecified atom stereocenters. The summed E-state index contributed by atoms with van der Waals surface area (Å²) < 4.78 is 0. The first-order valence-electron chi connectivity index (χ1n) is 5.49. The molecule has 6 nitrogen and oxygen atoms in total. The Bertz CT molecular complexity index is 614. The predicted molar refractivity (Wildman–Crippen MR) is 68.3 cm³/mol. The molecule has 0 aliphatic carbocycles. The fourth-order valence-corrected chi connectivity index (χ4v) is 1.66. The molecule has 0 aliphatic rings. The van der Waals surface area contributed by atoms with Gasteiger partial charge in [-0.15, -0.1) is 0 Å². The Kier molecular flexibility index (Phi) is 3.51. The van der Waals surface area contributed by atoms with Crippen LogP contribution in [0, 0.1) is 0 Å². The number of amides is 1. The largest absolute Gasteiger partial charge is 0.478 e. The summed E-state index contributed by atoms with van der Waals surface area (Å²) in [7, 11) is 0. The summed E-state index contributed by atoms with van der Waals surface area (Å²) in [5, 5.41) is 8.97. The van der Waals surface area contributed by atoms with Gasteiger partial charge in [0.1, 0.15) is 0 Å². The van der Waals surface area contributed by atoms with E-state index in [0.717, 1.165) is 0 Å². The molecule has 0 saturated heterocycles. The van der Waals surface area contributed by atoms with Crippen molar-refractivity contribution >= 4 is 23.4 Å². The first kappa shape index (κ1) is 12.7. The molecule has 0 bridgehead atoms. The van der Waals surface area contributed by atoms with Crippen LogP contribution in [0.2, 0.25) is 0 Å². The Hall–Kier alpha value is -2.76. The van der Waals surface area contributed by atoms with Gasteiger partial charge in [-0.25, -0.2) is 9.78 Å². The third kappa shape index (κ3) is 2.74. The molecular formula is C13H11N3O3. The van der Waals surface area contributed by atoms with Gasteiger partial charge in [-0.1, -0.05) is 6.07 Å². The number of carbonyl (C=O) groups excluding carboxylic acids is 1. The van der Waals surface area contributed by atoms with Crippen LogP contribution in [0.1, 0.15) is 17.3 Å². The molecular weight excluding hydrogens is 246 g/mol. The number of hydrogen-bond donors (Lipinski definition) is 1. The highest BCUT2D eigenvalue weighted by atomic mass is 16.4. The Balaban J connectivity index is 2.49. The van der Waals surface area contributed by atoms with Gasteiger partial charge < -0.3 is 5.11 Å². The molecule has 1 amide bonds. The fourth-order valence-electron chi connectivity index (χ4n) is 1.66. The van der Waals surface area contributed by atoms with E-state index in [2.05, 4.69) is 9.97 Å². The van der Waals surface area contributed by atoms with Crippen LogP contribution >= 0.6 is 0 Å². The maximum Gasteiger partial charge on any atom is 0.335 e. The molecule has 0 radical (unpaired) electrons. The summed E-state index contributed by atoms with van der Waals surface area (Å²) in [6.07, 6.45) is 4.40. The van der Waals surface area contributed by atoms with Crippen molar-refractivity contribution in [2.75, 3.05) is 4.90 Å². The molecule has 1 aromatic carbocycles. The van der Waals surface area contributed by atoms with Crippen molar-refractivity contribution in [3.8, 4) is 0 Å². The van der Waals surface area contributed by atoms with Crippen LogP contribution in [0.3, 0.4) is 0 Å². The number of benzene rings is 1. The van der Waals surface area contributed by atoms with Gasteiger partial charge in [-0.2, -0.15) is 0 Å².